The quantitative estimate of drug-likeness (QED) is 0.546. The van der Waals surface area contributed by atoms with E-state index in [4.69, 9.17) is 4.74 Å². The number of nitrogens with one attached hydrogen (secondary N) is 1. The van der Waals surface area contributed by atoms with Crippen LogP contribution in [0, 0.1) is 0 Å². The minimum absolute atomic E-state index is 0.171. The minimum Gasteiger partial charge on any atom is -0.466 e. The molecule has 0 saturated carbocycles. The van der Waals surface area contributed by atoms with Crippen molar-refractivity contribution in [1.29, 1.82) is 0 Å². The first kappa shape index (κ1) is 14.8. The van der Waals surface area contributed by atoms with Gasteiger partial charge in [0.25, 0.3) is 0 Å². The van der Waals surface area contributed by atoms with Crippen molar-refractivity contribution in [2.24, 2.45) is 0 Å². The third kappa shape index (κ3) is 4.56. The zero-order valence-corrected chi connectivity index (χ0v) is 10.2. The van der Waals surface area contributed by atoms with Crippen molar-refractivity contribution in [3.05, 3.63) is 0 Å². The number of esters is 2. The Labute approximate surface area is 104 Å². The maximum Gasteiger partial charge on any atom is 0.377 e. The normalized spacial score (nSPS) is 21.7. The molecule has 0 amide bonds. The highest BCUT2D eigenvalue weighted by atomic mass is 19.3. The van der Waals surface area contributed by atoms with Crippen molar-refractivity contribution in [3.63, 3.8) is 0 Å². The zero-order chi connectivity index (χ0) is 13.6. The molecular weight excluding hydrogens is 248 g/mol. The van der Waals surface area contributed by atoms with Crippen LogP contribution in [0.25, 0.3) is 0 Å². The van der Waals surface area contributed by atoms with E-state index in [0.29, 0.717) is 19.6 Å². The highest BCUT2D eigenvalue weighted by Gasteiger charge is 2.50. The van der Waals surface area contributed by atoms with Gasteiger partial charge in [-0.2, -0.15) is 8.78 Å². The van der Waals surface area contributed by atoms with Crippen molar-refractivity contribution in [3.8, 4) is 0 Å². The summed E-state index contributed by atoms with van der Waals surface area (Å²) in [6.45, 7) is 2.73. The lowest BCUT2D eigenvalue weighted by Crippen LogP contribution is -2.28. The fourth-order valence-corrected chi connectivity index (χ4v) is 1.62. The fraction of sp³-hybridized carbons (Fsp3) is 0.818. The highest BCUT2D eigenvalue weighted by Crippen LogP contribution is 2.30. The van der Waals surface area contributed by atoms with Crippen molar-refractivity contribution in [1.82, 2.24) is 5.32 Å². The van der Waals surface area contributed by atoms with Gasteiger partial charge in [-0.3, -0.25) is 4.79 Å². The smallest absolute Gasteiger partial charge is 0.377 e. The lowest BCUT2D eigenvalue weighted by atomic mass is 10.2. The van der Waals surface area contributed by atoms with Gasteiger partial charge in [-0.1, -0.05) is 0 Å². The summed E-state index contributed by atoms with van der Waals surface area (Å²) in [6.07, 6.45) is -0.552. The van der Waals surface area contributed by atoms with Crippen LogP contribution in [-0.4, -0.2) is 43.7 Å². The van der Waals surface area contributed by atoms with Gasteiger partial charge in [-0.15, -0.1) is 0 Å². The van der Waals surface area contributed by atoms with E-state index in [1.165, 1.54) is 0 Å². The molecule has 0 aromatic carbocycles. The number of alkyl halides is 2. The number of hydrogen-bond donors (Lipinski definition) is 1. The van der Waals surface area contributed by atoms with E-state index in [0.717, 1.165) is 0 Å². The van der Waals surface area contributed by atoms with Crippen LogP contribution in [0.2, 0.25) is 0 Å². The molecule has 0 aromatic rings. The summed E-state index contributed by atoms with van der Waals surface area (Å²) in [5.41, 5.74) is 0. The van der Waals surface area contributed by atoms with Crippen molar-refractivity contribution in [2.45, 2.75) is 38.2 Å². The largest absolute Gasteiger partial charge is 0.466 e. The van der Waals surface area contributed by atoms with Crippen LogP contribution in [0.4, 0.5) is 8.78 Å². The molecule has 0 bridgehead atoms. The third-order valence-electron chi connectivity index (χ3n) is 2.47. The molecule has 104 valence electrons. The fourth-order valence-electron chi connectivity index (χ4n) is 1.62. The predicted octanol–water partition coefficient (Wildman–Crippen LogP) is 0.870. The summed E-state index contributed by atoms with van der Waals surface area (Å²) >= 11 is 0. The maximum absolute atomic E-state index is 12.8. The average Bonchev–Trinajstić information content (AvgIpc) is 2.52. The van der Waals surface area contributed by atoms with Crippen LogP contribution in [-0.2, 0) is 19.1 Å². The Bertz CT molecular complexity index is 309. The van der Waals surface area contributed by atoms with E-state index >= 15 is 0 Å². The summed E-state index contributed by atoms with van der Waals surface area (Å²) < 4.78 is 34.8. The predicted molar refractivity (Wildman–Crippen MR) is 58.2 cm³/mol. The van der Waals surface area contributed by atoms with Crippen LogP contribution >= 0.6 is 0 Å². The van der Waals surface area contributed by atoms with Gasteiger partial charge in [0.1, 0.15) is 6.10 Å². The van der Waals surface area contributed by atoms with Gasteiger partial charge in [0.05, 0.1) is 13.0 Å². The molecule has 1 aliphatic heterocycles. The van der Waals surface area contributed by atoms with E-state index in [2.05, 4.69) is 10.1 Å². The van der Waals surface area contributed by atoms with Crippen LogP contribution in [0.5, 0.6) is 0 Å². The van der Waals surface area contributed by atoms with Crippen LogP contribution in [0.3, 0.4) is 0 Å². The number of halogens is 2. The molecule has 0 aliphatic carbocycles. The van der Waals surface area contributed by atoms with Gasteiger partial charge in [0.2, 0.25) is 0 Å². The van der Waals surface area contributed by atoms with Gasteiger partial charge in [-0.25, -0.2) is 4.79 Å². The molecule has 18 heavy (non-hydrogen) atoms. The van der Waals surface area contributed by atoms with Gasteiger partial charge >= 0.3 is 17.9 Å². The molecule has 1 atom stereocenters. The third-order valence-corrected chi connectivity index (χ3v) is 2.47. The van der Waals surface area contributed by atoms with Gasteiger partial charge in [0.15, 0.2) is 0 Å². The lowest BCUT2D eigenvalue weighted by molar-refractivity contribution is -0.159. The number of ether oxygens (including phenoxy) is 2. The molecule has 0 aromatic heterocycles. The zero-order valence-electron chi connectivity index (χ0n) is 10.2. The summed E-state index contributed by atoms with van der Waals surface area (Å²) in [7, 11) is 0. The Hall–Kier alpha value is -1.24. The van der Waals surface area contributed by atoms with E-state index in [1.807, 2.05) is 0 Å². The van der Waals surface area contributed by atoms with E-state index < -0.39 is 24.4 Å². The Kier molecular flexibility index (Phi) is 5.46. The summed E-state index contributed by atoms with van der Waals surface area (Å²) in [4.78, 5) is 21.7. The minimum atomic E-state index is -3.36. The number of hydrogen-bond acceptors (Lipinski definition) is 5. The topological polar surface area (TPSA) is 64.6 Å². The molecule has 1 unspecified atom stereocenters. The van der Waals surface area contributed by atoms with Crippen molar-refractivity contribution >= 4 is 11.9 Å². The van der Waals surface area contributed by atoms with Crippen LogP contribution in [0.15, 0.2) is 0 Å². The van der Waals surface area contributed by atoms with E-state index in [-0.39, 0.29) is 18.9 Å². The average molecular weight is 265 g/mol. The van der Waals surface area contributed by atoms with Crippen LogP contribution in [0.1, 0.15) is 26.2 Å². The second-order valence-electron chi connectivity index (χ2n) is 4.05. The lowest BCUT2D eigenvalue weighted by Gasteiger charge is -2.09. The van der Waals surface area contributed by atoms with Gasteiger partial charge in [-0.05, 0) is 19.9 Å². The first-order chi connectivity index (χ1) is 8.45. The van der Waals surface area contributed by atoms with Gasteiger partial charge < -0.3 is 14.8 Å². The maximum atomic E-state index is 12.8. The Balaban J connectivity index is 2.06. The van der Waals surface area contributed by atoms with Crippen LogP contribution < -0.4 is 5.32 Å². The molecule has 1 heterocycles. The standard InChI is InChI=1S/C11H17F2NO4/c1-2-17-9(15)4-3-5-14-7-8-6-11(12,13)10(16)18-8/h8,14H,2-7H2,1H3. The second kappa shape index (κ2) is 6.63. The molecule has 1 saturated heterocycles. The van der Waals surface area contributed by atoms with E-state index in [9.17, 15) is 18.4 Å². The Morgan fingerprint density at radius 2 is 2.33 bits per heavy atom. The van der Waals surface area contributed by atoms with Crippen molar-refractivity contribution in [2.75, 3.05) is 19.7 Å². The number of carbonyl (C=O) groups is 2. The molecule has 1 fully saturated rings. The first-order valence-electron chi connectivity index (χ1n) is 5.91. The highest BCUT2D eigenvalue weighted by molar-refractivity contribution is 5.79. The Morgan fingerprint density at radius 1 is 1.61 bits per heavy atom. The second-order valence-corrected chi connectivity index (χ2v) is 4.05. The summed E-state index contributed by atoms with van der Waals surface area (Å²) in [5.74, 6) is -5.10. The first-order valence-corrected chi connectivity index (χ1v) is 5.91. The molecule has 0 spiro atoms. The molecule has 7 heteroatoms. The molecule has 1 rings (SSSR count). The summed E-state index contributed by atoms with van der Waals surface area (Å²) in [5, 5.41) is 2.86. The molecule has 1 aliphatic rings. The van der Waals surface area contributed by atoms with Gasteiger partial charge in [0, 0.05) is 13.0 Å². The monoisotopic (exact) mass is 265 g/mol. The summed E-state index contributed by atoms with van der Waals surface area (Å²) in [6, 6.07) is 0. The van der Waals surface area contributed by atoms with E-state index in [1.54, 1.807) is 6.92 Å². The van der Waals surface area contributed by atoms with Crippen molar-refractivity contribution < 1.29 is 27.8 Å². The molecule has 0 radical (unpaired) electrons. The SMILES string of the molecule is CCOC(=O)CCCNCC1CC(F)(F)C(=O)O1. The molecule has 5 nitrogen and oxygen atoms in total. The Morgan fingerprint density at radius 3 is 2.89 bits per heavy atom. The molecular formula is C11H17F2NO4. The number of carbonyl (C=O) groups excluding carboxylic acids is 2. The number of cyclic esters (lactones) is 1. The number of rotatable bonds is 7. The molecule has 1 N–H and O–H groups in total.